The van der Waals surface area contributed by atoms with Crippen molar-refractivity contribution in [3.63, 3.8) is 0 Å². The molecule has 0 amide bonds. The maximum atomic E-state index is 5.78. The van der Waals surface area contributed by atoms with Crippen LogP contribution >= 0.6 is 0 Å². The standard InChI is InChI=1S/C16H25NO2/c1-2-11-18-15-5-7-16(8-6-15)19-12-9-14-4-3-10-17-13-14/h5-8,14,17H,2-4,9-13H2,1H3/t14-/m1/s1. The fraction of sp³-hybridized carbons (Fsp3) is 0.625. The zero-order valence-electron chi connectivity index (χ0n) is 11.9. The zero-order chi connectivity index (χ0) is 13.3. The minimum absolute atomic E-state index is 0.773. The van der Waals surface area contributed by atoms with E-state index in [4.69, 9.17) is 9.47 Å². The van der Waals surface area contributed by atoms with E-state index in [1.54, 1.807) is 0 Å². The molecule has 0 aliphatic carbocycles. The summed E-state index contributed by atoms with van der Waals surface area (Å²) < 4.78 is 11.3. The highest BCUT2D eigenvalue weighted by atomic mass is 16.5. The van der Waals surface area contributed by atoms with Gasteiger partial charge < -0.3 is 14.8 Å². The largest absolute Gasteiger partial charge is 0.494 e. The summed E-state index contributed by atoms with van der Waals surface area (Å²) in [7, 11) is 0. The van der Waals surface area contributed by atoms with Crippen molar-refractivity contribution in [2.45, 2.75) is 32.6 Å². The average molecular weight is 263 g/mol. The predicted octanol–water partition coefficient (Wildman–Crippen LogP) is 3.24. The van der Waals surface area contributed by atoms with Crippen LogP contribution in [0.2, 0.25) is 0 Å². The molecule has 106 valence electrons. The lowest BCUT2D eigenvalue weighted by Gasteiger charge is -2.22. The van der Waals surface area contributed by atoms with Gasteiger partial charge in [-0.1, -0.05) is 6.92 Å². The lowest BCUT2D eigenvalue weighted by atomic mass is 9.97. The van der Waals surface area contributed by atoms with Crippen LogP contribution in [0, 0.1) is 5.92 Å². The summed E-state index contributed by atoms with van der Waals surface area (Å²) in [6.45, 7) is 6.01. The molecule has 0 aromatic heterocycles. The Morgan fingerprint density at radius 2 is 1.79 bits per heavy atom. The van der Waals surface area contributed by atoms with E-state index < -0.39 is 0 Å². The molecule has 1 aromatic rings. The maximum Gasteiger partial charge on any atom is 0.119 e. The van der Waals surface area contributed by atoms with Crippen molar-refractivity contribution in [3.05, 3.63) is 24.3 Å². The van der Waals surface area contributed by atoms with E-state index in [2.05, 4.69) is 12.2 Å². The lowest BCUT2D eigenvalue weighted by Crippen LogP contribution is -2.30. The van der Waals surface area contributed by atoms with Gasteiger partial charge in [0, 0.05) is 0 Å². The van der Waals surface area contributed by atoms with Crippen LogP contribution in [0.3, 0.4) is 0 Å². The number of hydrogen-bond acceptors (Lipinski definition) is 3. The number of nitrogens with one attached hydrogen (secondary N) is 1. The summed E-state index contributed by atoms with van der Waals surface area (Å²) in [5, 5.41) is 3.44. The SMILES string of the molecule is CCCOc1ccc(OCC[C@H]2CCCNC2)cc1. The monoisotopic (exact) mass is 263 g/mol. The summed E-state index contributed by atoms with van der Waals surface area (Å²) in [5.41, 5.74) is 0. The van der Waals surface area contributed by atoms with Crippen LogP contribution in [-0.4, -0.2) is 26.3 Å². The molecule has 1 aromatic carbocycles. The highest BCUT2D eigenvalue weighted by Gasteiger charge is 2.12. The van der Waals surface area contributed by atoms with Gasteiger partial charge in [0.25, 0.3) is 0 Å². The zero-order valence-corrected chi connectivity index (χ0v) is 11.9. The maximum absolute atomic E-state index is 5.78. The second kappa shape index (κ2) is 8.05. The summed E-state index contributed by atoms with van der Waals surface area (Å²) in [6, 6.07) is 7.94. The first-order valence-corrected chi connectivity index (χ1v) is 7.45. The van der Waals surface area contributed by atoms with Crippen LogP contribution in [0.15, 0.2) is 24.3 Å². The second-order valence-electron chi connectivity index (χ2n) is 5.17. The van der Waals surface area contributed by atoms with Crippen molar-refractivity contribution in [3.8, 4) is 11.5 Å². The molecule has 1 aliphatic heterocycles. The second-order valence-corrected chi connectivity index (χ2v) is 5.17. The van der Waals surface area contributed by atoms with E-state index in [-0.39, 0.29) is 0 Å². The molecule has 0 bridgehead atoms. The highest BCUT2D eigenvalue weighted by molar-refractivity contribution is 5.31. The van der Waals surface area contributed by atoms with Gasteiger partial charge in [-0.3, -0.25) is 0 Å². The molecule has 0 saturated carbocycles. The first-order chi connectivity index (χ1) is 9.38. The van der Waals surface area contributed by atoms with Crippen molar-refractivity contribution in [1.29, 1.82) is 0 Å². The molecule has 3 heteroatoms. The predicted molar refractivity (Wildman–Crippen MR) is 77.9 cm³/mol. The van der Waals surface area contributed by atoms with Crippen molar-refractivity contribution in [2.24, 2.45) is 5.92 Å². The summed E-state index contributed by atoms with van der Waals surface area (Å²) >= 11 is 0. The number of hydrogen-bond donors (Lipinski definition) is 1. The Bertz CT molecular complexity index is 344. The molecule has 1 heterocycles. The van der Waals surface area contributed by atoms with E-state index in [0.29, 0.717) is 0 Å². The fourth-order valence-corrected chi connectivity index (χ4v) is 2.37. The van der Waals surface area contributed by atoms with E-state index in [1.165, 1.54) is 19.4 Å². The van der Waals surface area contributed by atoms with Crippen molar-refractivity contribution < 1.29 is 9.47 Å². The van der Waals surface area contributed by atoms with Crippen LogP contribution in [0.1, 0.15) is 32.6 Å². The smallest absolute Gasteiger partial charge is 0.119 e. The third-order valence-electron chi connectivity index (χ3n) is 3.49. The Labute approximate surface area is 116 Å². The Morgan fingerprint density at radius 3 is 2.37 bits per heavy atom. The topological polar surface area (TPSA) is 30.5 Å². The highest BCUT2D eigenvalue weighted by Crippen LogP contribution is 2.19. The first kappa shape index (κ1) is 14.2. The number of benzene rings is 1. The number of rotatable bonds is 7. The van der Waals surface area contributed by atoms with E-state index >= 15 is 0 Å². The molecule has 3 nitrogen and oxygen atoms in total. The Balaban J connectivity index is 1.67. The van der Waals surface area contributed by atoms with Gasteiger partial charge in [-0.05, 0) is 69.0 Å². The van der Waals surface area contributed by atoms with Crippen molar-refractivity contribution in [1.82, 2.24) is 5.32 Å². The lowest BCUT2D eigenvalue weighted by molar-refractivity contribution is 0.253. The Morgan fingerprint density at radius 1 is 1.11 bits per heavy atom. The normalized spacial score (nSPS) is 19.1. The van der Waals surface area contributed by atoms with E-state index in [0.717, 1.165) is 50.0 Å². The molecule has 1 fully saturated rings. The molecule has 0 spiro atoms. The van der Waals surface area contributed by atoms with Gasteiger partial charge in [0.05, 0.1) is 13.2 Å². The van der Waals surface area contributed by atoms with Gasteiger partial charge in [-0.25, -0.2) is 0 Å². The van der Waals surface area contributed by atoms with Gasteiger partial charge in [0.2, 0.25) is 0 Å². The molecule has 0 unspecified atom stereocenters. The van der Waals surface area contributed by atoms with Crippen LogP contribution in [0.4, 0.5) is 0 Å². The van der Waals surface area contributed by atoms with Crippen LogP contribution in [0.25, 0.3) is 0 Å². The van der Waals surface area contributed by atoms with Gasteiger partial charge >= 0.3 is 0 Å². The number of piperidine rings is 1. The average Bonchev–Trinajstić information content (AvgIpc) is 2.47. The molecule has 2 rings (SSSR count). The quantitative estimate of drug-likeness (QED) is 0.819. The Kier molecular flexibility index (Phi) is 6.02. The van der Waals surface area contributed by atoms with E-state index in [9.17, 15) is 0 Å². The van der Waals surface area contributed by atoms with Crippen molar-refractivity contribution in [2.75, 3.05) is 26.3 Å². The minimum Gasteiger partial charge on any atom is -0.494 e. The molecule has 1 atom stereocenters. The number of ether oxygens (including phenoxy) is 2. The van der Waals surface area contributed by atoms with Gasteiger partial charge in [0.1, 0.15) is 11.5 Å². The van der Waals surface area contributed by atoms with Crippen LogP contribution < -0.4 is 14.8 Å². The summed E-state index contributed by atoms with van der Waals surface area (Å²) in [5.74, 6) is 2.64. The summed E-state index contributed by atoms with van der Waals surface area (Å²) in [6.07, 6.45) is 4.81. The molecular weight excluding hydrogens is 238 g/mol. The molecular formula is C16H25NO2. The van der Waals surface area contributed by atoms with Gasteiger partial charge in [-0.2, -0.15) is 0 Å². The van der Waals surface area contributed by atoms with Gasteiger partial charge in [0.15, 0.2) is 0 Å². The molecule has 1 aliphatic rings. The molecule has 1 N–H and O–H groups in total. The molecule has 0 radical (unpaired) electrons. The van der Waals surface area contributed by atoms with Crippen LogP contribution in [0.5, 0.6) is 11.5 Å². The Hall–Kier alpha value is -1.22. The third kappa shape index (κ3) is 5.11. The first-order valence-electron chi connectivity index (χ1n) is 7.45. The third-order valence-corrected chi connectivity index (χ3v) is 3.49. The molecule has 1 saturated heterocycles. The van der Waals surface area contributed by atoms with Crippen LogP contribution in [-0.2, 0) is 0 Å². The molecule has 19 heavy (non-hydrogen) atoms. The van der Waals surface area contributed by atoms with Crippen molar-refractivity contribution >= 4 is 0 Å². The van der Waals surface area contributed by atoms with E-state index in [1.807, 2.05) is 24.3 Å². The minimum atomic E-state index is 0.773. The summed E-state index contributed by atoms with van der Waals surface area (Å²) in [4.78, 5) is 0. The fourth-order valence-electron chi connectivity index (χ4n) is 2.37. The van der Waals surface area contributed by atoms with Gasteiger partial charge in [-0.15, -0.1) is 0 Å².